The molecule has 0 bridgehead atoms. The number of halogens is 1. The fraction of sp³-hybridized carbons (Fsp3) is 0.462. The molecule has 4 N–H and O–H groups in total. The SMILES string of the molecule is CCC(C)CC(CC)NC(=O)c1cc(N)cc(C(OCCNC(=O)OC)c2cccc(Cl)c2)c1. The van der Waals surface area contributed by atoms with Gasteiger partial charge in [-0.1, -0.05) is 50.9 Å². The van der Waals surface area contributed by atoms with E-state index in [1.807, 2.05) is 18.2 Å². The molecule has 2 amide bonds. The van der Waals surface area contributed by atoms with Crippen LogP contribution in [-0.2, 0) is 9.47 Å². The van der Waals surface area contributed by atoms with Gasteiger partial charge >= 0.3 is 6.09 Å². The first-order chi connectivity index (χ1) is 16.3. The fourth-order valence-electron chi connectivity index (χ4n) is 3.66. The number of rotatable bonds is 12. The third kappa shape index (κ3) is 8.54. The van der Waals surface area contributed by atoms with Crippen LogP contribution in [0, 0.1) is 5.92 Å². The van der Waals surface area contributed by atoms with Crippen molar-refractivity contribution in [3.05, 3.63) is 64.2 Å². The maximum atomic E-state index is 13.1. The van der Waals surface area contributed by atoms with E-state index in [1.165, 1.54) is 7.11 Å². The van der Waals surface area contributed by atoms with Gasteiger partial charge in [-0.15, -0.1) is 0 Å². The summed E-state index contributed by atoms with van der Waals surface area (Å²) in [5, 5.41) is 6.30. The monoisotopic (exact) mass is 489 g/mol. The maximum absolute atomic E-state index is 13.1. The van der Waals surface area contributed by atoms with Crippen LogP contribution in [0.1, 0.15) is 67.6 Å². The second kappa shape index (κ2) is 13.8. The van der Waals surface area contributed by atoms with Crippen LogP contribution in [0.4, 0.5) is 10.5 Å². The van der Waals surface area contributed by atoms with Crippen LogP contribution in [0.15, 0.2) is 42.5 Å². The van der Waals surface area contributed by atoms with Crippen molar-refractivity contribution in [2.75, 3.05) is 26.0 Å². The summed E-state index contributed by atoms with van der Waals surface area (Å²) < 4.78 is 10.7. The van der Waals surface area contributed by atoms with E-state index >= 15 is 0 Å². The van der Waals surface area contributed by atoms with Gasteiger partial charge in [0.1, 0.15) is 6.10 Å². The van der Waals surface area contributed by atoms with Crippen molar-refractivity contribution >= 4 is 29.3 Å². The molecule has 186 valence electrons. The molecule has 0 saturated heterocycles. The molecule has 0 heterocycles. The standard InChI is InChI=1S/C26H36ClN3O4/c1-5-17(3)12-23(6-2)30-25(31)20-13-19(15-22(28)16-20)24(18-8-7-9-21(27)14-18)34-11-10-29-26(32)33-4/h7-9,13-17,23-24H,5-6,10-12,28H2,1-4H3,(H,29,32)(H,30,31). The van der Waals surface area contributed by atoms with Crippen LogP contribution in [-0.4, -0.2) is 38.3 Å². The van der Waals surface area contributed by atoms with Gasteiger partial charge in [0.25, 0.3) is 5.91 Å². The number of carbonyl (C=O) groups is 2. The molecule has 0 aliphatic heterocycles. The average Bonchev–Trinajstić information content (AvgIpc) is 2.82. The van der Waals surface area contributed by atoms with Gasteiger partial charge in [-0.25, -0.2) is 4.79 Å². The lowest BCUT2D eigenvalue weighted by Crippen LogP contribution is -2.35. The molecule has 0 spiro atoms. The minimum Gasteiger partial charge on any atom is -0.453 e. The van der Waals surface area contributed by atoms with Crippen molar-refractivity contribution in [1.82, 2.24) is 10.6 Å². The predicted molar refractivity (Wildman–Crippen MR) is 136 cm³/mol. The molecule has 0 aromatic heterocycles. The van der Waals surface area contributed by atoms with E-state index < -0.39 is 12.2 Å². The molecule has 0 radical (unpaired) electrons. The molecule has 8 heteroatoms. The Balaban J connectivity index is 2.28. The minimum atomic E-state index is -0.534. The Morgan fingerprint density at radius 2 is 1.85 bits per heavy atom. The van der Waals surface area contributed by atoms with Crippen molar-refractivity contribution < 1.29 is 19.1 Å². The van der Waals surface area contributed by atoms with E-state index in [9.17, 15) is 9.59 Å². The van der Waals surface area contributed by atoms with Gasteiger partial charge in [0, 0.05) is 28.9 Å². The van der Waals surface area contributed by atoms with E-state index in [0.717, 1.165) is 30.4 Å². The summed E-state index contributed by atoms with van der Waals surface area (Å²) in [5.74, 6) is 0.363. The molecule has 0 saturated carbocycles. The number of methoxy groups -OCH3 is 1. The first-order valence-electron chi connectivity index (χ1n) is 11.7. The molecule has 2 aromatic carbocycles. The lowest BCUT2D eigenvalue weighted by atomic mass is 9.96. The second-order valence-corrected chi connectivity index (χ2v) is 8.88. The minimum absolute atomic E-state index is 0.0942. The summed E-state index contributed by atoms with van der Waals surface area (Å²) >= 11 is 6.22. The molecule has 34 heavy (non-hydrogen) atoms. The fourth-order valence-corrected chi connectivity index (χ4v) is 3.86. The summed E-state index contributed by atoms with van der Waals surface area (Å²) in [5.41, 5.74) is 8.65. The van der Waals surface area contributed by atoms with Gasteiger partial charge < -0.3 is 25.8 Å². The number of hydrogen-bond donors (Lipinski definition) is 3. The van der Waals surface area contributed by atoms with Crippen LogP contribution in [0.5, 0.6) is 0 Å². The van der Waals surface area contributed by atoms with Gasteiger partial charge in [-0.3, -0.25) is 4.79 Å². The van der Waals surface area contributed by atoms with Crippen molar-refractivity contribution in [1.29, 1.82) is 0 Å². The Morgan fingerprint density at radius 1 is 1.09 bits per heavy atom. The normalized spacial score (nSPS) is 13.6. The zero-order valence-electron chi connectivity index (χ0n) is 20.4. The van der Waals surface area contributed by atoms with E-state index in [1.54, 1.807) is 24.3 Å². The van der Waals surface area contributed by atoms with Crippen LogP contribution in [0.3, 0.4) is 0 Å². The maximum Gasteiger partial charge on any atom is 0.406 e. The molecular weight excluding hydrogens is 454 g/mol. The molecule has 0 fully saturated rings. The van der Waals surface area contributed by atoms with Crippen LogP contribution < -0.4 is 16.4 Å². The molecule has 3 unspecified atom stereocenters. The Kier molecular flexibility index (Phi) is 11.2. The lowest BCUT2D eigenvalue weighted by Gasteiger charge is -2.22. The quantitative estimate of drug-likeness (QED) is 0.276. The van der Waals surface area contributed by atoms with Gasteiger partial charge in [0.15, 0.2) is 0 Å². The summed E-state index contributed by atoms with van der Waals surface area (Å²) in [6.07, 6.45) is 1.78. The third-order valence-corrected chi connectivity index (χ3v) is 5.98. The smallest absolute Gasteiger partial charge is 0.406 e. The van der Waals surface area contributed by atoms with Crippen molar-refractivity contribution in [3.8, 4) is 0 Å². The summed E-state index contributed by atoms with van der Waals surface area (Å²) in [7, 11) is 1.30. The van der Waals surface area contributed by atoms with Crippen LogP contribution >= 0.6 is 11.6 Å². The number of alkyl carbamates (subject to hydrolysis) is 1. The number of nitrogen functional groups attached to an aromatic ring is 1. The van der Waals surface area contributed by atoms with Gasteiger partial charge in [-0.05, 0) is 60.2 Å². The Labute approximate surface area is 207 Å². The van der Waals surface area contributed by atoms with Crippen LogP contribution in [0.25, 0.3) is 0 Å². The molecule has 0 aliphatic rings. The summed E-state index contributed by atoms with van der Waals surface area (Å²) in [6, 6.07) is 12.7. The van der Waals surface area contributed by atoms with E-state index in [4.69, 9.17) is 22.1 Å². The molecule has 3 atom stereocenters. The molecule has 2 aromatic rings. The zero-order valence-corrected chi connectivity index (χ0v) is 21.2. The lowest BCUT2D eigenvalue weighted by molar-refractivity contribution is 0.0804. The van der Waals surface area contributed by atoms with E-state index in [0.29, 0.717) is 22.2 Å². The van der Waals surface area contributed by atoms with Gasteiger partial charge in [0.2, 0.25) is 0 Å². The third-order valence-electron chi connectivity index (χ3n) is 5.75. The van der Waals surface area contributed by atoms with Crippen molar-refractivity contribution in [3.63, 3.8) is 0 Å². The largest absolute Gasteiger partial charge is 0.453 e. The number of nitrogens with one attached hydrogen (secondary N) is 2. The van der Waals surface area contributed by atoms with E-state index in [2.05, 4.69) is 36.1 Å². The molecular formula is C26H36ClN3O4. The summed E-state index contributed by atoms with van der Waals surface area (Å²) in [4.78, 5) is 24.4. The number of benzene rings is 2. The molecule has 0 aliphatic carbocycles. The molecule has 7 nitrogen and oxygen atoms in total. The Bertz CT molecular complexity index is 953. The van der Waals surface area contributed by atoms with Gasteiger partial charge in [0.05, 0.1) is 13.7 Å². The van der Waals surface area contributed by atoms with Crippen molar-refractivity contribution in [2.45, 2.75) is 52.2 Å². The highest BCUT2D eigenvalue weighted by Crippen LogP contribution is 2.30. The number of hydrogen-bond acceptors (Lipinski definition) is 5. The number of anilines is 1. The Morgan fingerprint density at radius 3 is 2.50 bits per heavy atom. The zero-order chi connectivity index (χ0) is 25.1. The topological polar surface area (TPSA) is 103 Å². The number of ether oxygens (including phenoxy) is 2. The first kappa shape index (κ1) is 27.5. The number of amides is 2. The number of carbonyl (C=O) groups excluding carboxylic acids is 2. The van der Waals surface area contributed by atoms with Gasteiger partial charge in [-0.2, -0.15) is 0 Å². The van der Waals surface area contributed by atoms with Crippen molar-refractivity contribution in [2.24, 2.45) is 5.92 Å². The summed E-state index contributed by atoms with van der Waals surface area (Å²) in [6.45, 7) is 6.89. The Hall–Kier alpha value is -2.77. The predicted octanol–water partition coefficient (Wildman–Crippen LogP) is 5.33. The highest BCUT2D eigenvalue weighted by Gasteiger charge is 2.20. The van der Waals surface area contributed by atoms with Crippen LogP contribution in [0.2, 0.25) is 5.02 Å². The highest BCUT2D eigenvalue weighted by molar-refractivity contribution is 6.30. The first-order valence-corrected chi connectivity index (χ1v) is 12.0. The second-order valence-electron chi connectivity index (χ2n) is 8.44. The molecule has 2 rings (SSSR count). The average molecular weight is 490 g/mol. The highest BCUT2D eigenvalue weighted by atomic mass is 35.5. The number of nitrogens with two attached hydrogens (primary N) is 1. The van der Waals surface area contributed by atoms with E-state index in [-0.39, 0.29) is 25.1 Å².